The van der Waals surface area contributed by atoms with Crippen molar-refractivity contribution >= 4 is 5.96 Å². The van der Waals surface area contributed by atoms with Crippen molar-refractivity contribution in [2.45, 2.75) is 20.0 Å². The molecule has 0 unspecified atom stereocenters. The van der Waals surface area contributed by atoms with Crippen LogP contribution in [0.25, 0.3) is 11.3 Å². The molecule has 0 aliphatic heterocycles. The molecule has 0 amide bonds. The molecule has 1 heterocycles. The average molecular weight is 374 g/mol. The van der Waals surface area contributed by atoms with Gasteiger partial charge in [0.05, 0.1) is 19.3 Å². The van der Waals surface area contributed by atoms with Crippen LogP contribution in [0.4, 0.5) is 0 Å². The van der Waals surface area contributed by atoms with E-state index in [0.29, 0.717) is 13.1 Å². The Morgan fingerprint density at radius 1 is 0.964 bits per heavy atom. The predicted octanol–water partition coefficient (Wildman–Crippen LogP) is 4.01. The van der Waals surface area contributed by atoms with Crippen molar-refractivity contribution in [1.29, 1.82) is 0 Å². The first-order valence-corrected chi connectivity index (χ1v) is 9.44. The van der Waals surface area contributed by atoms with Crippen molar-refractivity contribution in [1.82, 2.24) is 15.6 Å². The zero-order valence-electron chi connectivity index (χ0n) is 16.4. The van der Waals surface area contributed by atoms with Gasteiger partial charge in [-0.25, -0.2) is 4.99 Å². The van der Waals surface area contributed by atoms with Crippen LogP contribution in [0.5, 0.6) is 5.75 Å². The Morgan fingerprint density at radius 3 is 2.61 bits per heavy atom. The van der Waals surface area contributed by atoms with E-state index >= 15 is 0 Å². The van der Waals surface area contributed by atoms with Gasteiger partial charge in [-0.05, 0) is 48.4 Å². The number of ether oxygens (including phenoxy) is 1. The molecule has 0 aliphatic rings. The van der Waals surface area contributed by atoms with E-state index in [0.717, 1.165) is 40.6 Å². The number of guanidine groups is 1. The van der Waals surface area contributed by atoms with Gasteiger partial charge in [-0.15, -0.1) is 0 Å². The van der Waals surface area contributed by atoms with Crippen molar-refractivity contribution < 1.29 is 4.74 Å². The second-order valence-corrected chi connectivity index (χ2v) is 6.32. The van der Waals surface area contributed by atoms with E-state index < -0.39 is 0 Å². The van der Waals surface area contributed by atoms with Crippen LogP contribution in [0, 0.1) is 0 Å². The largest absolute Gasteiger partial charge is 0.497 e. The molecule has 0 saturated heterocycles. The minimum atomic E-state index is 0.591. The first-order valence-electron chi connectivity index (χ1n) is 9.44. The van der Waals surface area contributed by atoms with Crippen molar-refractivity contribution in [2.24, 2.45) is 4.99 Å². The standard InChI is InChI=1S/C23H26N4O/c1-3-24-23(27-17-19-9-7-11-21(15-19)28-2)26-16-18-8-6-10-20(14-18)22-12-4-5-13-25-22/h4-15H,3,16-17H2,1-2H3,(H2,24,26,27). The summed E-state index contributed by atoms with van der Waals surface area (Å²) in [6, 6.07) is 22.3. The molecule has 28 heavy (non-hydrogen) atoms. The molecule has 1 aromatic heterocycles. The van der Waals surface area contributed by atoms with E-state index in [2.05, 4.69) is 46.8 Å². The van der Waals surface area contributed by atoms with Crippen molar-refractivity contribution in [2.75, 3.05) is 13.7 Å². The fourth-order valence-electron chi connectivity index (χ4n) is 2.84. The highest BCUT2D eigenvalue weighted by atomic mass is 16.5. The van der Waals surface area contributed by atoms with E-state index in [4.69, 9.17) is 9.73 Å². The molecule has 3 aromatic rings. The summed E-state index contributed by atoms with van der Waals surface area (Å²) in [6.45, 7) is 4.13. The topological polar surface area (TPSA) is 58.5 Å². The average Bonchev–Trinajstić information content (AvgIpc) is 2.76. The van der Waals surface area contributed by atoms with Crippen LogP contribution in [0.15, 0.2) is 77.9 Å². The first kappa shape index (κ1) is 19.4. The summed E-state index contributed by atoms with van der Waals surface area (Å²) in [4.78, 5) is 9.14. The van der Waals surface area contributed by atoms with E-state index in [1.165, 1.54) is 0 Å². The summed E-state index contributed by atoms with van der Waals surface area (Å²) in [7, 11) is 1.68. The van der Waals surface area contributed by atoms with E-state index in [1.807, 2.05) is 48.7 Å². The third-order valence-electron chi connectivity index (χ3n) is 4.25. The van der Waals surface area contributed by atoms with E-state index in [1.54, 1.807) is 7.11 Å². The second kappa shape index (κ2) is 10.1. The summed E-state index contributed by atoms with van der Waals surface area (Å²) in [5.74, 6) is 1.64. The van der Waals surface area contributed by atoms with Crippen LogP contribution >= 0.6 is 0 Å². The molecule has 0 atom stereocenters. The summed E-state index contributed by atoms with van der Waals surface area (Å²) < 4.78 is 5.28. The quantitative estimate of drug-likeness (QED) is 0.485. The molecule has 144 valence electrons. The van der Waals surface area contributed by atoms with Crippen molar-refractivity contribution in [3.8, 4) is 17.0 Å². The first-order chi connectivity index (χ1) is 13.8. The third-order valence-corrected chi connectivity index (χ3v) is 4.25. The number of benzene rings is 2. The smallest absolute Gasteiger partial charge is 0.191 e. The number of rotatable bonds is 7. The van der Waals surface area contributed by atoms with Crippen LogP contribution in [-0.4, -0.2) is 24.6 Å². The van der Waals surface area contributed by atoms with Gasteiger partial charge in [-0.3, -0.25) is 4.98 Å². The molecule has 0 fully saturated rings. The minimum Gasteiger partial charge on any atom is -0.497 e. The van der Waals surface area contributed by atoms with Gasteiger partial charge in [0, 0.05) is 24.8 Å². The van der Waals surface area contributed by atoms with Gasteiger partial charge in [0.25, 0.3) is 0 Å². The molecular weight excluding hydrogens is 348 g/mol. The summed E-state index contributed by atoms with van der Waals surface area (Å²) in [6.07, 6.45) is 1.81. The third kappa shape index (κ3) is 5.58. The molecule has 3 rings (SSSR count). The number of pyridine rings is 1. The maximum absolute atomic E-state index is 5.28. The molecule has 5 heteroatoms. The SMILES string of the molecule is CCNC(=NCc1cccc(-c2ccccn2)c1)NCc1cccc(OC)c1. The number of nitrogens with one attached hydrogen (secondary N) is 2. The van der Waals surface area contributed by atoms with Crippen LogP contribution in [0.2, 0.25) is 0 Å². The fraction of sp³-hybridized carbons (Fsp3) is 0.217. The maximum Gasteiger partial charge on any atom is 0.191 e. The molecule has 0 radical (unpaired) electrons. The number of hydrogen-bond donors (Lipinski definition) is 2. The normalized spacial score (nSPS) is 11.1. The lowest BCUT2D eigenvalue weighted by Gasteiger charge is -2.12. The van der Waals surface area contributed by atoms with Crippen LogP contribution < -0.4 is 15.4 Å². The van der Waals surface area contributed by atoms with E-state index in [9.17, 15) is 0 Å². The number of methoxy groups -OCH3 is 1. The van der Waals surface area contributed by atoms with Gasteiger partial charge in [0.2, 0.25) is 0 Å². The molecule has 5 nitrogen and oxygen atoms in total. The summed E-state index contributed by atoms with van der Waals surface area (Å²) in [5, 5.41) is 6.67. The minimum absolute atomic E-state index is 0.591. The number of aromatic nitrogens is 1. The lowest BCUT2D eigenvalue weighted by Crippen LogP contribution is -2.36. The van der Waals surface area contributed by atoms with Gasteiger partial charge in [-0.2, -0.15) is 0 Å². The van der Waals surface area contributed by atoms with Crippen molar-refractivity contribution in [3.05, 3.63) is 84.1 Å². The summed E-state index contributed by atoms with van der Waals surface area (Å²) >= 11 is 0. The highest BCUT2D eigenvalue weighted by Gasteiger charge is 2.02. The number of nitrogens with zero attached hydrogens (tertiary/aromatic N) is 2. The fourth-order valence-corrected chi connectivity index (χ4v) is 2.84. The Balaban J connectivity index is 1.67. The number of hydrogen-bond acceptors (Lipinski definition) is 3. The van der Waals surface area contributed by atoms with Crippen LogP contribution in [0.3, 0.4) is 0 Å². The van der Waals surface area contributed by atoms with Crippen LogP contribution in [-0.2, 0) is 13.1 Å². The highest BCUT2D eigenvalue weighted by Crippen LogP contribution is 2.18. The molecular formula is C23H26N4O. The van der Waals surface area contributed by atoms with Crippen LogP contribution in [0.1, 0.15) is 18.1 Å². The van der Waals surface area contributed by atoms with Gasteiger partial charge < -0.3 is 15.4 Å². The molecule has 0 aliphatic carbocycles. The van der Waals surface area contributed by atoms with Gasteiger partial charge in [0.1, 0.15) is 5.75 Å². The van der Waals surface area contributed by atoms with Gasteiger partial charge in [0.15, 0.2) is 5.96 Å². The van der Waals surface area contributed by atoms with E-state index in [-0.39, 0.29) is 0 Å². The Hall–Kier alpha value is -3.34. The number of aliphatic imine (C=N–C) groups is 1. The summed E-state index contributed by atoms with van der Waals surface area (Å²) in [5.41, 5.74) is 4.35. The lowest BCUT2D eigenvalue weighted by molar-refractivity contribution is 0.414. The molecule has 0 spiro atoms. The Labute approximate surface area is 166 Å². The predicted molar refractivity (Wildman–Crippen MR) is 114 cm³/mol. The Kier molecular flexibility index (Phi) is 7.01. The molecule has 2 N–H and O–H groups in total. The zero-order valence-corrected chi connectivity index (χ0v) is 16.4. The second-order valence-electron chi connectivity index (χ2n) is 6.32. The molecule has 0 saturated carbocycles. The Morgan fingerprint density at radius 2 is 1.82 bits per heavy atom. The molecule has 0 bridgehead atoms. The zero-order chi connectivity index (χ0) is 19.6. The van der Waals surface area contributed by atoms with Gasteiger partial charge >= 0.3 is 0 Å². The van der Waals surface area contributed by atoms with Crippen molar-refractivity contribution in [3.63, 3.8) is 0 Å². The lowest BCUT2D eigenvalue weighted by atomic mass is 10.1. The highest BCUT2D eigenvalue weighted by molar-refractivity contribution is 5.79. The van der Waals surface area contributed by atoms with Gasteiger partial charge in [-0.1, -0.05) is 36.4 Å². The Bertz CT molecular complexity index is 909. The maximum atomic E-state index is 5.28. The monoisotopic (exact) mass is 374 g/mol. The molecule has 2 aromatic carbocycles.